The van der Waals surface area contributed by atoms with Crippen LogP contribution in [-0.4, -0.2) is 16.1 Å². The molecule has 0 spiro atoms. The van der Waals surface area contributed by atoms with E-state index in [4.69, 9.17) is 0 Å². The molecule has 0 radical (unpaired) electrons. The summed E-state index contributed by atoms with van der Waals surface area (Å²) in [6.07, 6.45) is 4.42. The minimum absolute atomic E-state index is 1.14. The van der Waals surface area contributed by atoms with Crippen molar-refractivity contribution in [1.29, 1.82) is 0 Å². The van der Waals surface area contributed by atoms with E-state index in [1.807, 2.05) is 0 Å². The first-order valence-corrected chi connectivity index (χ1v) is 25.3. The second-order valence-electron chi connectivity index (χ2n) is 15.7. The van der Waals surface area contributed by atoms with Crippen LogP contribution in [0, 0.1) is 0 Å². The van der Waals surface area contributed by atoms with E-state index >= 15 is 0 Å². The number of hydrogen-bond acceptors (Lipinski definition) is 2. The molecule has 0 amide bonds. The summed E-state index contributed by atoms with van der Waals surface area (Å²) in [5.74, 6) is 0. The standard InChI is InChI=1S/C48H48N2Si2/c1-51(2,3)47-31-27-44(28-32-47)49(41-13-9-7-10-14-41)43-24-20-37(21-25-43)17-18-38-19-22-40-36-46(26-23-39(40)35-38)50(42-15-11-8-12-16-42)45-29-33-48(34-30-45)52(4,5)6/h7-36H,1-6H3. The summed E-state index contributed by atoms with van der Waals surface area (Å²) in [6.45, 7) is 14.4. The minimum atomic E-state index is -1.38. The fourth-order valence-electron chi connectivity index (χ4n) is 6.69. The molecule has 0 bridgehead atoms. The number of benzene rings is 7. The Balaban J connectivity index is 1.13. The lowest BCUT2D eigenvalue weighted by atomic mass is 10.0. The average molecular weight is 709 g/mol. The second-order valence-corrected chi connectivity index (χ2v) is 25.8. The van der Waals surface area contributed by atoms with Crippen molar-refractivity contribution in [2.45, 2.75) is 39.3 Å². The third kappa shape index (κ3) is 7.89. The number of fused-ring (bicyclic) bond motifs is 1. The highest BCUT2D eigenvalue weighted by atomic mass is 28.3. The lowest BCUT2D eigenvalue weighted by molar-refractivity contribution is 1.28. The lowest BCUT2D eigenvalue weighted by Crippen LogP contribution is -2.37. The topological polar surface area (TPSA) is 6.48 Å². The Bertz CT molecular complexity index is 2280. The van der Waals surface area contributed by atoms with Crippen LogP contribution in [-0.2, 0) is 0 Å². The zero-order valence-electron chi connectivity index (χ0n) is 31.2. The van der Waals surface area contributed by atoms with Crippen LogP contribution in [0.3, 0.4) is 0 Å². The smallest absolute Gasteiger partial charge is 0.0775 e. The van der Waals surface area contributed by atoms with Crippen LogP contribution in [0.4, 0.5) is 34.1 Å². The van der Waals surface area contributed by atoms with Crippen molar-refractivity contribution < 1.29 is 0 Å². The highest BCUT2D eigenvalue weighted by Gasteiger charge is 2.19. The van der Waals surface area contributed by atoms with E-state index < -0.39 is 16.1 Å². The van der Waals surface area contributed by atoms with Gasteiger partial charge in [0.1, 0.15) is 0 Å². The van der Waals surface area contributed by atoms with Crippen LogP contribution in [0.1, 0.15) is 11.1 Å². The molecule has 7 aromatic rings. The Hall–Kier alpha value is -5.43. The molecule has 52 heavy (non-hydrogen) atoms. The zero-order chi connectivity index (χ0) is 36.3. The maximum atomic E-state index is 2.40. The number of nitrogens with zero attached hydrogens (tertiary/aromatic N) is 2. The predicted octanol–water partition coefficient (Wildman–Crippen LogP) is 13.0. The third-order valence-electron chi connectivity index (χ3n) is 9.74. The molecule has 258 valence electrons. The fraction of sp³-hybridized carbons (Fsp3) is 0.125. The summed E-state index contributed by atoms with van der Waals surface area (Å²) in [5.41, 5.74) is 9.28. The second kappa shape index (κ2) is 14.7. The van der Waals surface area contributed by atoms with E-state index in [9.17, 15) is 0 Å². The van der Waals surface area contributed by atoms with Gasteiger partial charge in [-0.05, 0) is 101 Å². The number of anilines is 6. The van der Waals surface area contributed by atoms with E-state index in [0.717, 1.165) is 22.7 Å². The molecule has 0 aliphatic heterocycles. The predicted molar refractivity (Wildman–Crippen MR) is 235 cm³/mol. The zero-order valence-corrected chi connectivity index (χ0v) is 33.2. The Kier molecular flexibility index (Phi) is 9.87. The number of para-hydroxylation sites is 2. The Morgan fingerprint density at radius 2 is 0.673 bits per heavy atom. The first-order valence-electron chi connectivity index (χ1n) is 18.3. The molecule has 0 aliphatic rings. The molecule has 4 heteroatoms. The highest BCUT2D eigenvalue weighted by molar-refractivity contribution is 6.89. The Morgan fingerprint density at radius 3 is 1.15 bits per heavy atom. The van der Waals surface area contributed by atoms with Crippen LogP contribution >= 0.6 is 0 Å². The molecular weight excluding hydrogens is 661 g/mol. The third-order valence-corrected chi connectivity index (χ3v) is 13.9. The SMILES string of the molecule is C[Si](C)(C)c1ccc(N(c2ccccc2)c2ccc(C=Cc3ccc4cc(N(c5ccccc5)c5ccc([Si](C)(C)C)cc5)ccc4c3)cc2)cc1. The molecule has 7 rings (SSSR count). The van der Waals surface area contributed by atoms with Crippen molar-refractivity contribution in [3.8, 4) is 0 Å². The van der Waals surface area contributed by atoms with Crippen molar-refractivity contribution in [2.75, 3.05) is 9.80 Å². The van der Waals surface area contributed by atoms with Gasteiger partial charge in [-0.25, -0.2) is 0 Å². The van der Waals surface area contributed by atoms with Crippen LogP contribution < -0.4 is 20.2 Å². The van der Waals surface area contributed by atoms with Crippen LogP contribution in [0.25, 0.3) is 22.9 Å². The van der Waals surface area contributed by atoms with E-state index in [1.165, 1.54) is 43.6 Å². The van der Waals surface area contributed by atoms with Crippen molar-refractivity contribution in [2.24, 2.45) is 0 Å². The summed E-state index contributed by atoms with van der Waals surface area (Å²) < 4.78 is 0. The number of hydrogen-bond donors (Lipinski definition) is 0. The molecule has 0 saturated heterocycles. The summed E-state index contributed by atoms with van der Waals surface area (Å²) in [7, 11) is -2.76. The summed E-state index contributed by atoms with van der Waals surface area (Å²) >= 11 is 0. The molecule has 0 fully saturated rings. The molecule has 0 unspecified atom stereocenters. The van der Waals surface area contributed by atoms with Crippen molar-refractivity contribution >= 4 is 83.6 Å². The summed E-state index contributed by atoms with van der Waals surface area (Å²) in [4.78, 5) is 4.69. The van der Waals surface area contributed by atoms with Crippen molar-refractivity contribution in [3.05, 3.63) is 181 Å². The molecule has 7 aromatic carbocycles. The largest absolute Gasteiger partial charge is 0.311 e. The van der Waals surface area contributed by atoms with Gasteiger partial charge in [0.05, 0.1) is 16.1 Å². The number of rotatable bonds is 10. The molecule has 0 atom stereocenters. The fourth-order valence-corrected chi connectivity index (χ4v) is 9.02. The van der Waals surface area contributed by atoms with Gasteiger partial charge in [-0.15, -0.1) is 0 Å². The maximum Gasteiger partial charge on any atom is 0.0775 e. The van der Waals surface area contributed by atoms with Gasteiger partial charge in [0, 0.05) is 34.1 Å². The van der Waals surface area contributed by atoms with Gasteiger partial charge < -0.3 is 9.80 Å². The Labute approximate surface area is 312 Å². The van der Waals surface area contributed by atoms with E-state index in [-0.39, 0.29) is 0 Å². The molecular formula is C48H48N2Si2. The molecule has 2 nitrogen and oxygen atoms in total. The van der Waals surface area contributed by atoms with Gasteiger partial charge in [0.25, 0.3) is 0 Å². The van der Waals surface area contributed by atoms with Crippen molar-refractivity contribution in [1.82, 2.24) is 0 Å². The van der Waals surface area contributed by atoms with Gasteiger partial charge in [-0.3, -0.25) is 0 Å². The normalized spacial score (nSPS) is 12.0. The van der Waals surface area contributed by atoms with Gasteiger partial charge in [-0.1, -0.05) is 153 Å². The summed E-state index contributed by atoms with van der Waals surface area (Å²) in [6, 6.07) is 62.0. The minimum Gasteiger partial charge on any atom is -0.311 e. The van der Waals surface area contributed by atoms with E-state index in [1.54, 1.807) is 0 Å². The lowest BCUT2D eigenvalue weighted by Gasteiger charge is -2.27. The van der Waals surface area contributed by atoms with Crippen LogP contribution in [0.5, 0.6) is 0 Å². The van der Waals surface area contributed by atoms with E-state index in [0.29, 0.717) is 0 Å². The maximum absolute atomic E-state index is 2.40. The van der Waals surface area contributed by atoms with Gasteiger partial charge in [-0.2, -0.15) is 0 Å². The van der Waals surface area contributed by atoms with Gasteiger partial charge >= 0.3 is 0 Å². The van der Waals surface area contributed by atoms with Crippen LogP contribution in [0.2, 0.25) is 39.3 Å². The quantitative estimate of drug-likeness (QED) is 0.103. The molecule has 0 aromatic heterocycles. The van der Waals surface area contributed by atoms with Crippen molar-refractivity contribution in [3.63, 3.8) is 0 Å². The molecule has 0 aliphatic carbocycles. The highest BCUT2D eigenvalue weighted by Crippen LogP contribution is 2.37. The molecule has 0 saturated carbocycles. The summed E-state index contributed by atoms with van der Waals surface area (Å²) in [5, 5.41) is 5.38. The van der Waals surface area contributed by atoms with Gasteiger partial charge in [0.15, 0.2) is 0 Å². The monoisotopic (exact) mass is 708 g/mol. The first-order chi connectivity index (χ1) is 25.0. The average Bonchev–Trinajstić information content (AvgIpc) is 3.15. The Morgan fingerprint density at radius 1 is 0.327 bits per heavy atom. The van der Waals surface area contributed by atoms with Gasteiger partial charge in [0.2, 0.25) is 0 Å². The molecule has 0 N–H and O–H groups in total. The van der Waals surface area contributed by atoms with Crippen LogP contribution in [0.15, 0.2) is 170 Å². The van der Waals surface area contributed by atoms with E-state index in [2.05, 4.69) is 231 Å². The molecule has 0 heterocycles. The first kappa shape index (κ1) is 35.0.